The van der Waals surface area contributed by atoms with Crippen LogP contribution in [-0.4, -0.2) is 39.4 Å². The van der Waals surface area contributed by atoms with Crippen LogP contribution in [0.3, 0.4) is 0 Å². The Hall–Kier alpha value is -3.10. The van der Waals surface area contributed by atoms with Gasteiger partial charge < -0.3 is 10.2 Å². The van der Waals surface area contributed by atoms with Gasteiger partial charge in [0.25, 0.3) is 15.9 Å². The molecule has 0 saturated carbocycles. The standard InChI is InChI=1S/C25H27ClN4O3S/c1-29(22-11-6-10-21(26)17-22)34(32,33)23-12-5-8-19(16-23)25(31)28-18-20-9-7-13-27-24(20)30-14-3-2-4-15-30/h5-13,16-17H,2-4,14-15,18H2,1H3,(H,28,31). The zero-order valence-electron chi connectivity index (χ0n) is 18.9. The van der Waals surface area contributed by atoms with E-state index in [-0.39, 0.29) is 16.4 Å². The molecule has 0 aliphatic carbocycles. The van der Waals surface area contributed by atoms with Crippen LogP contribution in [0.5, 0.6) is 0 Å². The minimum absolute atomic E-state index is 0.0259. The van der Waals surface area contributed by atoms with Gasteiger partial charge in [-0.3, -0.25) is 9.10 Å². The van der Waals surface area contributed by atoms with Crippen LogP contribution in [0.4, 0.5) is 11.5 Å². The van der Waals surface area contributed by atoms with Crippen molar-refractivity contribution < 1.29 is 13.2 Å². The van der Waals surface area contributed by atoms with Gasteiger partial charge in [-0.15, -0.1) is 0 Å². The highest BCUT2D eigenvalue weighted by atomic mass is 35.5. The third-order valence-corrected chi connectivity index (χ3v) is 7.91. The summed E-state index contributed by atoms with van der Waals surface area (Å²) in [6.45, 7) is 2.22. The van der Waals surface area contributed by atoms with Gasteiger partial charge in [0.05, 0.1) is 10.6 Å². The number of halogens is 1. The third-order valence-electron chi connectivity index (χ3n) is 5.89. The fraction of sp³-hybridized carbons (Fsp3) is 0.280. The molecule has 1 aliphatic heterocycles. The van der Waals surface area contributed by atoms with E-state index in [2.05, 4.69) is 15.2 Å². The number of hydrogen-bond donors (Lipinski definition) is 1. The molecule has 1 saturated heterocycles. The molecule has 1 fully saturated rings. The molecule has 0 spiro atoms. The molecule has 0 unspecified atom stereocenters. The molecule has 1 aliphatic rings. The lowest BCUT2D eigenvalue weighted by Gasteiger charge is -2.29. The summed E-state index contributed by atoms with van der Waals surface area (Å²) in [6.07, 6.45) is 5.25. The summed E-state index contributed by atoms with van der Waals surface area (Å²) >= 11 is 6.02. The van der Waals surface area contributed by atoms with Crippen molar-refractivity contribution in [3.05, 3.63) is 83.0 Å². The first-order valence-corrected chi connectivity index (χ1v) is 13.0. The topological polar surface area (TPSA) is 82.6 Å². The Balaban J connectivity index is 1.50. The van der Waals surface area contributed by atoms with Gasteiger partial charge >= 0.3 is 0 Å². The zero-order valence-corrected chi connectivity index (χ0v) is 20.5. The number of amides is 1. The fourth-order valence-corrected chi connectivity index (χ4v) is 5.42. The van der Waals surface area contributed by atoms with E-state index in [4.69, 9.17) is 11.6 Å². The van der Waals surface area contributed by atoms with E-state index in [0.717, 1.165) is 41.6 Å². The van der Waals surface area contributed by atoms with Crippen LogP contribution < -0.4 is 14.5 Å². The fourth-order valence-electron chi connectivity index (χ4n) is 4.00. The Kier molecular flexibility index (Phi) is 7.38. The Morgan fingerprint density at radius 3 is 2.59 bits per heavy atom. The molecule has 178 valence electrons. The molecule has 0 bridgehead atoms. The van der Waals surface area contributed by atoms with E-state index >= 15 is 0 Å². The summed E-state index contributed by atoms with van der Waals surface area (Å²) in [4.78, 5) is 19.7. The van der Waals surface area contributed by atoms with Crippen LogP contribution >= 0.6 is 11.6 Å². The molecule has 1 aromatic heterocycles. The summed E-state index contributed by atoms with van der Waals surface area (Å²) < 4.78 is 27.5. The Labute approximate surface area is 205 Å². The van der Waals surface area contributed by atoms with E-state index in [1.807, 2.05) is 12.1 Å². The van der Waals surface area contributed by atoms with Crippen molar-refractivity contribution in [2.24, 2.45) is 0 Å². The lowest BCUT2D eigenvalue weighted by molar-refractivity contribution is 0.0950. The van der Waals surface area contributed by atoms with E-state index in [0.29, 0.717) is 17.3 Å². The maximum atomic E-state index is 13.2. The van der Waals surface area contributed by atoms with Crippen LogP contribution in [0.15, 0.2) is 71.8 Å². The number of sulfonamides is 1. The van der Waals surface area contributed by atoms with Crippen molar-refractivity contribution in [1.29, 1.82) is 0 Å². The quantitative estimate of drug-likeness (QED) is 0.519. The number of carbonyl (C=O) groups excluding carboxylic acids is 1. The van der Waals surface area contributed by atoms with Gasteiger partial charge in [0.15, 0.2) is 0 Å². The van der Waals surface area contributed by atoms with Crippen molar-refractivity contribution in [3.8, 4) is 0 Å². The monoisotopic (exact) mass is 498 g/mol. The number of carbonyl (C=O) groups is 1. The molecular weight excluding hydrogens is 472 g/mol. The highest BCUT2D eigenvalue weighted by molar-refractivity contribution is 7.92. The number of anilines is 2. The van der Waals surface area contributed by atoms with E-state index < -0.39 is 10.0 Å². The van der Waals surface area contributed by atoms with Gasteiger partial charge in [0.2, 0.25) is 0 Å². The SMILES string of the molecule is CN(c1cccc(Cl)c1)S(=O)(=O)c1cccc(C(=O)NCc2cccnc2N2CCCCC2)c1. The molecule has 1 amide bonds. The first-order chi connectivity index (χ1) is 16.4. The Morgan fingerprint density at radius 2 is 1.82 bits per heavy atom. The van der Waals surface area contributed by atoms with Gasteiger partial charge in [-0.25, -0.2) is 13.4 Å². The molecule has 34 heavy (non-hydrogen) atoms. The number of nitrogens with zero attached hydrogens (tertiary/aromatic N) is 3. The van der Waals surface area contributed by atoms with E-state index in [1.54, 1.807) is 42.6 Å². The molecule has 2 heterocycles. The van der Waals surface area contributed by atoms with Crippen LogP contribution in [0, 0.1) is 0 Å². The second-order valence-corrected chi connectivity index (χ2v) is 10.6. The maximum absolute atomic E-state index is 13.2. The van der Waals surface area contributed by atoms with Crippen molar-refractivity contribution in [2.75, 3.05) is 29.3 Å². The second-order valence-electron chi connectivity index (χ2n) is 8.20. The van der Waals surface area contributed by atoms with Crippen molar-refractivity contribution in [3.63, 3.8) is 0 Å². The maximum Gasteiger partial charge on any atom is 0.264 e. The highest BCUT2D eigenvalue weighted by Crippen LogP contribution is 2.25. The van der Waals surface area contributed by atoms with Gasteiger partial charge in [-0.05, 0) is 61.7 Å². The number of rotatable bonds is 7. The molecule has 7 nitrogen and oxygen atoms in total. The van der Waals surface area contributed by atoms with Gasteiger partial charge in [-0.1, -0.05) is 29.8 Å². The van der Waals surface area contributed by atoms with Crippen molar-refractivity contribution >= 4 is 39.0 Å². The number of pyridine rings is 1. The van der Waals surface area contributed by atoms with Crippen molar-refractivity contribution in [1.82, 2.24) is 10.3 Å². The minimum Gasteiger partial charge on any atom is -0.356 e. The summed E-state index contributed by atoms with van der Waals surface area (Å²) in [6, 6.07) is 16.4. The summed E-state index contributed by atoms with van der Waals surface area (Å²) in [7, 11) is -2.42. The molecule has 3 aromatic rings. The molecule has 9 heteroatoms. The Morgan fingerprint density at radius 1 is 1.06 bits per heavy atom. The van der Waals surface area contributed by atoms with Crippen LogP contribution in [0.1, 0.15) is 35.2 Å². The molecule has 4 rings (SSSR count). The number of piperidine rings is 1. The largest absolute Gasteiger partial charge is 0.356 e. The summed E-state index contributed by atoms with van der Waals surface area (Å²) in [5, 5.41) is 3.35. The predicted octanol–water partition coefficient (Wildman–Crippen LogP) is 4.48. The van der Waals surface area contributed by atoms with Crippen molar-refractivity contribution in [2.45, 2.75) is 30.7 Å². The lowest BCUT2D eigenvalue weighted by atomic mass is 10.1. The normalized spacial score (nSPS) is 14.0. The van der Waals surface area contributed by atoms with Gasteiger partial charge in [0, 0.05) is 49.0 Å². The van der Waals surface area contributed by atoms with Gasteiger partial charge in [0.1, 0.15) is 5.82 Å². The molecule has 0 radical (unpaired) electrons. The smallest absolute Gasteiger partial charge is 0.264 e. The van der Waals surface area contributed by atoms with Crippen LogP contribution in [-0.2, 0) is 16.6 Å². The number of aromatic nitrogens is 1. The second kappa shape index (κ2) is 10.4. The third kappa shape index (κ3) is 5.34. The van der Waals surface area contributed by atoms with Crippen LogP contribution in [0.25, 0.3) is 0 Å². The number of hydrogen-bond acceptors (Lipinski definition) is 5. The highest BCUT2D eigenvalue weighted by Gasteiger charge is 2.23. The molecule has 0 atom stereocenters. The lowest BCUT2D eigenvalue weighted by Crippen LogP contribution is -2.32. The Bertz CT molecular complexity index is 1280. The average Bonchev–Trinajstić information content (AvgIpc) is 2.87. The first-order valence-electron chi connectivity index (χ1n) is 11.2. The van der Waals surface area contributed by atoms with E-state index in [9.17, 15) is 13.2 Å². The average molecular weight is 499 g/mol. The molecule has 2 aromatic carbocycles. The zero-order chi connectivity index (χ0) is 24.1. The number of nitrogens with one attached hydrogen (secondary N) is 1. The predicted molar refractivity (Wildman–Crippen MR) is 135 cm³/mol. The summed E-state index contributed by atoms with van der Waals surface area (Å²) in [5.74, 6) is 0.540. The number of benzene rings is 2. The summed E-state index contributed by atoms with van der Waals surface area (Å²) in [5.41, 5.74) is 1.63. The van der Waals surface area contributed by atoms with Crippen LogP contribution in [0.2, 0.25) is 5.02 Å². The van der Waals surface area contributed by atoms with Gasteiger partial charge in [-0.2, -0.15) is 0 Å². The molecule has 1 N–H and O–H groups in total. The minimum atomic E-state index is -3.88. The first kappa shape index (κ1) is 24.0. The molecular formula is C25H27ClN4O3S. The van der Waals surface area contributed by atoms with E-state index in [1.165, 1.54) is 25.6 Å².